The maximum absolute atomic E-state index is 11.4. The molecule has 1 saturated heterocycles. The van der Waals surface area contributed by atoms with Gasteiger partial charge in [0.15, 0.2) is 5.78 Å². The van der Waals surface area contributed by atoms with E-state index in [9.17, 15) is 4.79 Å². The summed E-state index contributed by atoms with van der Waals surface area (Å²) < 4.78 is 10.2. The fourth-order valence-corrected chi connectivity index (χ4v) is 1.43. The first-order valence-corrected chi connectivity index (χ1v) is 4.64. The van der Waals surface area contributed by atoms with Crippen molar-refractivity contribution in [3.05, 3.63) is 0 Å². The molecule has 0 spiro atoms. The van der Waals surface area contributed by atoms with Gasteiger partial charge in [0.1, 0.15) is 6.61 Å². The molecule has 1 aliphatic rings. The van der Waals surface area contributed by atoms with Crippen LogP contribution in [0.25, 0.3) is 0 Å². The maximum atomic E-state index is 11.4. The second kappa shape index (κ2) is 5.32. The van der Waals surface area contributed by atoms with Crippen LogP contribution in [0, 0.1) is 0 Å². The molecule has 0 amide bonds. The van der Waals surface area contributed by atoms with Crippen molar-refractivity contribution in [2.75, 3.05) is 26.9 Å². The Morgan fingerprint density at radius 3 is 2.92 bits per heavy atom. The Labute approximate surface area is 78.6 Å². The molecule has 0 bridgehead atoms. The topological polar surface area (TPSA) is 47.6 Å². The van der Waals surface area contributed by atoms with Crippen molar-refractivity contribution in [1.82, 2.24) is 5.32 Å². The normalized spacial score (nSPS) is 27.8. The zero-order valence-electron chi connectivity index (χ0n) is 8.21. The van der Waals surface area contributed by atoms with Crippen molar-refractivity contribution in [2.45, 2.75) is 25.5 Å². The highest BCUT2D eigenvalue weighted by molar-refractivity contribution is 5.85. The molecular formula is C9H17NO3. The highest BCUT2D eigenvalue weighted by atomic mass is 16.5. The summed E-state index contributed by atoms with van der Waals surface area (Å²) in [6, 6.07) is -0.0727. The Bertz CT molecular complexity index is 172. The second-order valence-electron chi connectivity index (χ2n) is 3.16. The number of nitrogens with one attached hydrogen (secondary N) is 1. The van der Waals surface area contributed by atoms with Crippen molar-refractivity contribution in [3.63, 3.8) is 0 Å². The summed E-state index contributed by atoms with van der Waals surface area (Å²) in [6.07, 6.45) is 0.943. The monoisotopic (exact) mass is 187 g/mol. The van der Waals surface area contributed by atoms with Crippen LogP contribution in [0.15, 0.2) is 0 Å². The Balaban J connectivity index is 2.25. The molecule has 1 N–H and O–H groups in total. The zero-order chi connectivity index (χ0) is 9.68. The fourth-order valence-electron chi connectivity index (χ4n) is 1.43. The first kappa shape index (κ1) is 10.6. The number of hydrogen-bond donors (Lipinski definition) is 1. The molecule has 0 saturated carbocycles. The third-order valence-corrected chi connectivity index (χ3v) is 2.26. The first-order chi connectivity index (χ1) is 6.27. The zero-order valence-corrected chi connectivity index (χ0v) is 8.21. The quantitative estimate of drug-likeness (QED) is 0.656. The van der Waals surface area contributed by atoms with Gasteiger partial charge in [-0.2, -0.15) is 0 Å². The predicted molar refractivity (Wildman–Crippen MR) is 48.7 cm³/mol. The number of rotatable bonds is 5. The number of carbonyl (C=O) groups is 1. The molecule has 2 unspecified atom stereocenters. The SMILES string of the molecule is CCOCC(=O)C1CC(OC)CN1. The number of ketones is 1. The number of carbonyl (C=O) groups excluding carboxylic acids is 1. The largest absolute Gasteiger partial charge is 0.380 e. The van der Waals surface area contributed by atoms with E-state index < -0.39 is 0 Å². The van der Waals surface area contributed by atoms with Crippen LogP contribution in [-0.2, 0) is 14.3 Å². The van der Waals surface area contributed by atoms with E-state index in [2.05, 4.69) is 5.32 Å². The van der Waals surface area contributed by atoms with Gasteiger partial charge in [-0.25, -0.2) is 0 Å². The van der Waals surface area contributed by atoms with Crippen LogP contribution in [0.5, 0.6) is 0 Å². The van der Waals surface area contributed by atoms with Crippen LogP contribution in [0.4, 0.5) is 0 Å². The van der Waals surface area contributed by atoms with E-state index in [0.717, 1.165) is 13.0 Å². The Morgan fingerprint density at radius 2 is 2.38 bits per heavy atom. The van der Waals surface area contributed by atoms with Gasteiger partial charge in [0.05, 0.1) is 12.1 Å². The summed E-state index contributed by atoms with van der Waals surface area (Å²) in [4.78, 5) is 11.4. The summed E-state index contributed by atoms with van der Waals surface area (Å²) in [5.41, 5.74) is 0. The van der Waals surface area contributed by atoms with Crippen LogP contribution < -0.4 is 5.32 Å². The van der Waals surface area contributed by atoms with Crippen LogP contribution >= 0.6 is 0 Å². The van der Waals surface area contributed by atoms with Crippen molar-refractivity contribution < 1.29 is 14.3 Å². The van der Waals surface area contributed by atoms with Crippen LogP contribution in [0.2, 0.25) is 0 Å². The van der Waals surface area contributed by atoms with Gasteiger partial charge >= 0.3 is 0 Å². The minimum Gasteiger partial charge on any atom is -0.380 e. The summed E-state index contributed by atoms with van der Waals surface area (Å²) in [5, 5.41) is 3.11. The molecule has 4 nitrogen and oxygen atoms in total. The minimum atomic E-state index is -0.0727. The molecule has 0 aromatic rings. The molecule has 0 aromatic heterocycles. The molecule has 0 aromatic carbocycles. The first-order valence-electron chi connectivity index (χ1n) is 4.64. The summed E-state index contributed by atoms with van der Waals surface area (Å²) in [5.74, 6) is 0.126. The Morgan fingerprint density at radius 1 is 1.62 bits per heavy atom. The lowest BCUT2D eigenvalue weighted by Crippen LogP contribution is -2.33. The highest BCUT2D eigenvalue weighted by Crippen LogP contribution is 2.10. The molecule has 13 heavy (non-hydrogen) atoms. The minimum absolute atomic E-state index is 0.0727. The molecule has 1 heterocycles. The molecule has 2 atom stereocenters. The molecule has 0 radical (unpaired) electrons. The van der Waals surface area contributed by atoms with Gasteiger partial charge in [-0.1, -0.05) is 0 Å². The molecule has 0 aliphatic carbocycles. The van der Waals surface area contributed by atoms with Gasteiger partial charge < -0.3 is 14.8 Å². The van der Waals surface area contributed by atoms with Gasteiger partial charge in [-0.15, -0.1) is 0 Å². The molecule has 76 valence electrons. The smallest absolute Gasteiger partial charge is 0.175 e. The fraction of sp³-hybridized carbons (Fsp3) is 0.889. The van der Waals surface area contributed by atoms with E-state index >= 15 is 0 Å². The van der Waals surface area contributed by atoms with Crippen molar-refractivity contribution in [2.24, 2.45) is 0 Å². The van der Waals surface area contributed by atoms with E-state index in [1.165, 1.54) is 0 Å². The molecule has 4 heteroatoms. The van der Waals surface area contributed by atoms with E-state index in [4.69, 9.17) is 9.47 Å². The van der Waals surface area contributed by atoms with Crippen molar-refractivity contribution >= 4 is 5.78 Å². The Kier molecular flexibility index (Phi) is 4.35. The van der Waals surface area contributed by atoms with Gasteiger partial charge in [0.25, 0.3) is 0 Å². The van der Waals surface area contributed by atoms with Crippen molar-refractivity contribution in [3.8, 4) is 0 Å². The number of methoxy groups -OCH3 is 1. The van der Waals surface area contributed by atoms with Gasteiger partial charge in [-0.05, 0) is 13.3 Å². The van der Waals surface area contributed by atoms with E-state index in [-0.39, 0.29) is 24.5 Å². The average Bonchev–Trinajstić information content (AvgIpc) is 2.62. The molecule has 1 rings (SSSR count). The summed E-state index contributed by atoms with van der Waals surface area (Å²) in [6.45, 7) is 3.45. The Hall–Kier alpha value is -0.450. The van der Waals surface area contributed by atoms with E-state index in [1.807, 2.05) is 6.92 Å². The lowest BCUT2D eigenvalue weighted by atomic mass is 10.1. The van der Waals surface area contributed by atoms with Crippen LogP contribution in [-0.4, -0.2) is 44.8 Å². The molecule has 1 fully saturated rings. The van der Waals surface area contributed by atoms with Gasteiger partial charge in [0, 0.05) is 20.3 Å². The van der Waals surface area contributed by atoms with Gasteiger partial charge in [0.2, 0.25) is 0 Å². The lowest BCUT2D eigenvalue weighted by molar-refractivity contribution is -0.125. The maximum Gasteiger partial charge on any atom is 0.175 e. The van der Waals surface area contributed by atoms with Gasteiger partial charge in [-0.3, -0.25) is 4.79 Å². The number of ether oxygens (including phenoxy) is 2. The summed E-state index contributed by atoms with van der Waals surface area (Å²) >= 11 is 0. The van der Waals surface area contributed by atoms with Crippen LogP contribution in [0.1, 0.15) is 13.3 Å². The van der Waals surface area contributed by atoms with Crippen molar-refractivity contribution in [1.29, 1.82) is 0 Å². The van der Waals surface area contributed by atoms with E-state index in [1.54, 1.807) is 7.11 Å². The highest BCUT2D eigenvalue weighted by Gasteiger charge is 2.28. The average molecular weight is 187 g/mol. The number of Topliss-reactive ketones (excluding diaryl/α,β-unsaturated/α-hetero) is 1. The third kappa shape index (κ3) is 3.06. The van der Waals surface area contributed by atoms with Crippen LogP contribution in [0.3, 0.4) is 0 Å². The molecule has 1 aliphatic heterocycles. The predicted octanol–water partition coefficient (Wildman–Crippen LogP) is -0.0311. The van der Waals surface area contributed by atoms with E-state index in [0.29, 0.717) is 6.61 Å². The molecular weight excluding hydrogens is 170 g/mol. The lowest BCUT2D eigenvalue weighted by Gasteiger charge is -2.08. The second-order valence-corrected chi connectivity index (χ2v) is 3.16. The third-order valence-electron chi connectivity index (χ3n) is 2.26. The number of hydrogen-bond acceptors (Lipinski definition) is 4. The standard InChI is InChI=1S/C9H17NO3/c1-3-13-6-9(11)8-4-7(12-2)5-10-8/h7-8,10H,3-6H2,1-2H3. The summed E-state index contributed by atoms with van der Waals surface area (Å²) in [7, 11) is 1.67.